The molecule has 2 aliphatic rings. The zero-order valence-electron chi connectivity index (χ0n) is 19.9. The number of carbonyl (C=O) groups is 2. The highest BCUT2D eigenvalue weighted by Crippen LogP contribution is 2.36. The van der Waals surface area contributed by atoms with Crippen LogP contribution < -0.4 is 19.7 Å². The Morgan fingerprint density at radius 1 is 1.12 bits per heavy atom. The van der Waals surface area contributed by atoms with E-state index in [0.29, 0.717) is 23.6 Å². The number of nitrogens with one attached hydrogen (secondary N) is 1. The number of hydrogen-bond acceptors (Lipinski definition) is 6. The Labute approximate surface area is 196 Å². The molecule has 184 valence electrons. The van der Waals surface area contributed by atoms with Gasteiger partial charge in [-0.1, -0.05) is 26.2 Å². The van der Waals surface area contributed by atoms with Crippen molar-refractivity contribution in [3.05, 3.63) is 18.2 Å². The predicted octanol–water partition coefficient (Wildman–Crippen LogP) is 2.30. The van der Waals surface area contributed by atoms with E-state index in [-0.39, 0.29) is 30.8 Å². The largest absolute Gasteiger partial charge is 0.497 e. The molecule has 9 nitrogen and oxygen atoms in total. The average Bonchev–Trinajstić information content (AvgIpc) is 2.79. The van der Waals surface area contributed by atoms with Crippen LogP contribution in [0.2, 0.25) is 0 Å². The number of piperazine rings is 1. The van der Waals surface area contributed by atoms with Gasteiger partial charge in [-0.25, -0.2) is 8.42 Å². The highest BCUT2D eigenvalue weighted by Gasteiger charge is 2.51. The van der Waals surface area contributed by atoms with Gasteiger partial charge in [0.15, 0.2) is 0 Å². The fourth-order valence-electron chi connectivity index (χ4n) is 4.66. The number of amides is 2. The second kappa shape index (κ2) is 10.3. The number of methoxy groups -OCH3 is 2. The molecule has 0 bridgehead atoms. The molecule has 10 heteroatoms. The Morgan fingerprint density at radius 3 is 2.27 bits per heavy atom. The molecule has 1 saturated carbocycles. The van der Waals surface area contributed by atoms with Gasteiger partial charge in [-0.15, -0.1) is 0 Å². The number of ether oxygens (including phenoxy) is 2. The lowest BCUT2D eigenvalue weighted by Gasteiger charge is -2.47. The number of carbonyl (C=O) groups excluding carboxylic acids is 2. The predicted molar refractivity (Wildman–Crippen MR) is 126 cm³/mol. The quantitative estimate of drug-likeness (QED) is 0.611. The number of hydrogen-bond donors (Lipinski definition) is 1. The van der Waals surface area contributed by atoms with Gasteiger partial charge in [0, 0.05) is 30.8 Å². The maximum absolute atomic E-state index is 13.7. The van der Waals surface area contributed by atoms with Crippen LogP contribution in [-0.4, -0.2) is 69.2 Å². The summed E-state index contributed by atoms with van der Waals surface area (Å²) in [6.07, 6.45) is 5.39. The molecule has 1 heterocycles. The second-order valence-electron chi connectivity index (χ2n) is 8.97. The summed E-state index contributed by atoms with van der Waals surface area (Å²) in [5.74, 6) is 0.0213. The molecule has 0 unspecified atom stereocenters. The van der Waals surface area contributed by atoms with E-state index >= 15 is 0 Å². The smallest absolute Gasteiger partial charge is 0.247 e. The van der Waals surface area contributed by atoms with Crippen LogP contribution in [0, 0.1) is 0 Å². The minimum absolute atomic E-state index is 0.0162. The van der Waals surface area contributed by atoms with Gasteiger partial charge < -0.3 is 14.8 Å². The van der Waals surface area contributed by atoms with Gasteiger partial charge in [-0.3, -0.25) is 14.5 Å². The van der Waals surface area contributed by atoms with Crippen molar-refractivity contribution >= 4 is 27.5 Å². The zero-order valence-corrected chi connectivity index (χ0v) is 20.7. The highest BCUT2D eigenvalue weighted by molar-refractivity contribution is 7.89. The first-order chi connectivity index (χ1) is 15.6. The van der Waals surface area contributed by atoms with E-state index in [1.165, 1.54) is 19.1 Å². The maximum atomic E-state index is 13.7. The van der Waals surface area contributed by atoms with E-state index in [1.807, 2.05) is 0 Å². The SMILES string of the molecule is CCCS(=O)(=O)N1CC(=O)N(c2cc(OC)cc(OC)c2)[C@@](C)(C(=O)NC2CCCCC2)C1. The van der Waals surface area contributed by atoms with Gasteiger partial charge in [0.05, 0.1) is 32.2 Å². The third-order valence-electron chi connectivity index (χ3n) is 6.42. The van der Waals surface area contributed by atoms with Crippen molar-refractivity contribution in [1.82, 2.24) is 9.62 Å². The summed E-state index contributed by atoms with van der Waals surface area (Å²) in [6, 6.07) is 5.00. The Bertz CT molecular complexity index is 954. The highest BCUT2D eigenvalue weighted by atomic mass is 32.2. The normalized spacial score (nSPS) is 22.8. The van der Waals surface area contributed by atoms with Gasteiger partial charge in [-0.2, -0.15) is 4.31 Å². The van der Waals surface area contributed by atoms with Crippen molar-refractivity contribution in [2.75, 3.05) is 38.0 Å². The van der Waals surface area contributed by atoms with Crippen molar-refractivity contribution in [2.24, 2.45) is 0 Å². The van der Waals surface area contributed by atoms with Gasteiger partial charge in [0.1, 0.15) is 17.0 Å². The van der Waals surface area contributed by atoms with Crippen molar-refractivity contribution in [2.45, 2.75) is 64.0 Å². The van der Waals surface area contributed by atoms with Gasteiger partial charge in [-0.05, 0) is 26.2 Å². The van der Waals surface area contributed by atoms with Crippen LogP contribution in [-0.2, 0) is 19.6 Å². The minimum Gasteiger partial charge on any atom is -0.497 e. The number of anilines is 1. The van der Waals surface area contributed by atoms with Gasteiger partial charge >= 0.3 is 0 Å². The summed E-state index contributed by atoms with van der Waals surface area (Å²) >= 11 is 0. The Balaban J connectivity index is 2.04. The molecule has 0 aromatic heterocycles. The Hall–Kier alpha value is -2.33. The minimum atomic E-state index is -3.68. The molecular weight excluding hydrogens is 446 g/mol. The molecule has 1 aromatic carbocycles. The van der Waals surface area contributed by atoms with Crippen LogP contribution in [0.5, 0.6) is 11.5 Å². The maximum Gasteiger partial charge on any atom is 0.247 e. The molecule has 2 fully saturated rings. The molecule has 3 rings (SSSR count). The average molecular weight is 482 g/mol. The summed E-state index contributed by atoms with van der Waals surface area (Å²) in [5.41, 5.74) is -1.02. The van der Waals surface area contributed by atoms with Crippen LogP contribution in [0.3, 0.4) is 0 Å². The van der Waals surface area contributed by atoms with Crippen molar-refractivity contribution in [3.63, 3.8) is 0 Å². The number of benzene rings is 1. The summed E-state index contributed by atoms with van der Waals surface area (Å²) in [7, 11) is -0.670. The lowest BCUT2D eigenvalue weighted by atomic mass is 9.91. The Morgan fingerprint density at radius 2 is 1.73 bits per heavy atom. The third-order valence-corrected chi connectivity index (χ3v) is 8.39. The first kappa shape index (κ1) is 25.3. The lowest BCUT2D eigenvalue weighted by Crippen LogP contribution is -2.71. The fourth-order valence-corrected chi connectivity index (χ4v) is 6.19. The molecule has 1 aliphatic heterocycles. The van der Waals surface area contributed by atoms with Crippen LogP contribution in [0.25, 0.3) is 0 Å². The van der Waals surface area contributed by atoms with Crippen molar-refractivity contribution in [3.8, 4) is 11.5 Å². The van der Waals surface area contributed by atoms with Gasteiger partial charge in [0.25, 0.3) is 0 Å². The molecular formula is C23H35N3O6S. The van der Waals surface area contributed by atoms with Crippen LogP contribution in [0.15, 0.2) is 18.2 Å². The molecule has 0 spiro atoms. The third kappa shape index (κ3) is 5.43. The van der Waals surface area contributed by atoms with Gasteiger partial charge in [0.2, 0.25) is 21.8 Å². The van der Waals surface area contributed by atoms with Crippen LogP contribution >= 0.6 is 0 Å². The second-order valence-corrected chi connectivity index (χ2v) is 11.1. The number of nitrogens with zero attached hydrogens (tertiary/aromatic N) is 2. The van der Waals surface area contributed by atoms with E-state index in [0.717, 1.165) is 36.4 Å². The summed E-state index contributed by atoms with van der Waals surface area (Å²) < 4.78 is 37.6. The number of rotatable bonds is 8. The van der Waals surface area contributed by atoms with E-state index in [1.54, 1.807) is 32.0 Å². The molecule has 0 radical (unpaired) electrons. The summed E-state index contributed by atoms with van der Waals surface area (Å²) in [6.45, 7) is 2.95. The molecule has 1 aliphatic carbocycles. The molecule has 1 aromatic rings. The van der Waals surface area contributed by atoms with E-state index < -0.39 is 21.5 Å². The van der Waals surface area contributed by atoms with Crippen LogP contribution in [0.4, 0.5) is 5.69 Å². The standard InChI is InChI=1S/C23H35N3O6S/c1-5-11-33(29,30)25-15-21(27)26(18-12-19(31-3)14-20(13-18)32-4)23(2,16-25)22(28)24-17-9-7-6-8-10-17/h12-14,17H,5-11,15-16H2,1-4H3,(H,24,28)/t23-/m1/s1. The lowest BCUT2D eigenvalue weighted by molar-refractivity contribution is -0.133. The fraction of sp³-hybridized carbons (Fsp3) is 0.652. The van der Waals surface area contributed by atoms with E-state index in [2.05, 4.69) is 5.32 Å². The first-order valence-corrected chi connectivity index (χ1v) is 13.1. The first-order valence-electron chi connectivity index (χ1n) is 11.5. The van der Waals surface area contributed by atoms with Crippen molar-refractivity contribution < 1.29 is 27.5 Å². The molecule has 1 N–H and O–H groups in total. The van der Waals surface area contributed by atoms with E-state index in [4.69, 9.17) is 9.47 Å². The number of sulfonamides is 1. The molecule has 1 saturated heterocycles. The van der Waals surface area contributed by atoms with Crippen molar-refractivity contribution in [1.29, 1.82) is 0 Å². The molecule has 2 amide bonds. The Kier molecular flexibility index (Phi) is 7.89. The monoisotopic (exact) mass is 481 g/mol. The summed E-state index contributed by atoms with van der Waals surface area (Å²) in [5, 5.41) is 3.09. The molecule has 33 heavy (non-hydrogen) atoms. The molecule has 1 atom stereocenters. The van der Waals surface area contributed by atoms with Crippen LogP contribution in [0.1, 0.15) is 52.4 Å². The van der Waals surface area contributed by atoms with E-state index in [9.17, 15) is 18.0 Å². The zero-order chi connectivity index (χ0) is 24.2. The summed E-state index contributed by atoms with van der Waals surface area (Å²) in [4.78, 5) is 28.5. The topological polar surface area (TPSA) is 105 Å².